The third-order valence-electron chi connectivity index (χ3n) is 1.68. The Balaban J connectivity index is 2.24. The molecule has 1 amide bonds. The van der Waals surface area contributed by atoms with Crippen molar-refractivity contribution in [2.24, 2.45) is 0 Å². The second-order valence-electron chi connectivity index (χ2n) is 2.76. The molecule has 1 atom stereocenters. The first kappa shape index (κ1) is 7.54. The van der Waals surface area contributed by atoms with Gasteiger partial charge in [-0.1, -0.05) is 0 Å². The van der Waals surface area contributed by atoms with Crippen molar-refractivity contribution in [1.82, 2.24) is 10.2 Å². The van der Waals surface area contributed by atoms with Crippen molar-refractivity contribution in [2.75, 3.05) is 13.1 Å². The van der Waals surface area contributed by atoms with Gasteiger partial charge in [-0.25, -0.2) is 0 Å². The Morgan fingerprint density at radius 2 is 2.50 bits per heavy atom. The molecule has 10 heavy (non-hydrogen) atoms. The highest BCUT2D eigenvalue weighted by molar-refractivity contribution is 5.73. The van der Waals surface area contributed by atoms with Crippen LogP contribution >= 0.6 is 0 Å². The average molecular weight is 141 g/mol. The third kappa shape index (κ3) is 1.99. The normalized spacial score (nSPS) is 26.8. The molecule has 0 radical (unpaired) electrons. The Labute approximate surface area is 61.4 Å². The zero-order chi connectivity index (χ0) is 7.56. The molecule has 1 rings (SSSR count). The predicted octanol–water partition coefficient (Wildman–Crippen LogP) is -0.0116. The van der Waals surface area contributed by atoms with Crippen LogP contribution in [0.4, 0.5) is 0 Å². The van der Waals surface area contributed by atoms with Crippen LogP contribution in [0, 0.1) is 7.05 Å². The van der Waals surface area contributed by atoms with Crippen molar-refractivity contribution < 1.29 is 4.79 Å². The maximum atomic E-state index is 10.6. The Morgan fingerprint density at radius 1 is 1.80 bits per heavy atom. The van der Waals surface area contributed by atoms with E-state index in [-0.39, 0.29) is 5.91 Å². The SMILES string of the molecule is [CH2-]N1CC[C@H](NC(C)=O)C1. The van der Waals surface area contributed by atoms with Crippen LogP contribution in [0.3, 0.4) is 0 Å². The highest BCUT2D eigenvalue weighted by Crippen LogP contribution is 2.06. The van der Waals surface area contributed by atoms with Gasteiger partial charge in [0.1, 0.15) is 0 Å². The van der Waals surface area contributed by atoms with Gasteiger partial charge in [-0.2, -0.15) is 0 Å². The molecule has 0 unspecified atom stereocenters. The molecule has 1 aliphatic heterocycles. The van der Waals surface area contributed by atoms with E-state index in [2.05, 4.69) is 12.4 Å². The number of carbonyl (C=O) groups is 1. The van der Waals surface area contributed by atoms with Crippen LogP contribution in [0.1, 0.15) is 13.3 Å². The zero-order valence-electron chi connectivity index (χ0n) is 6.26. The monoisotopic (exact) mass is 141 g/mol. The number of nitrogens with zero attached hydrogens (tertiary/aromatic N) is 1. The molecule has 1 fully saturated rings. The molecule has 1 N–H and O–H groups in total. The smallest absolute Gasteiger partial charge is 0.217 e. The molecule has 0 aromatic rings. The summed E-state index contributed by atoms with van der Waals surface area (Å²) in [4.78, 5) is 12.5. The fourth-order valence-electron chi connectivity index (χ4n) is 1.24. The van der Waals surface area contributed by atoms with Gasteiger partial charge in [0.2, 0.25) is 5.91 Å². The van der Waals surface area contributed by atoms with Gasteiger partial charge in [-0.15, -0.1) is 0 Å². The quantitative estimate of drug-likeness (QED) is 0.521. The van der Waals surface area contributed by atoms with Crippen LogP contribution in [0.2, 0.25) is 0 Å². The number of nitrogens with one attached hydrogen (secondary N) is 1. The van der Waals surface area contributed by atoms with E-state index in [1.165, 1.54) is 0 Å². The van der Waals surface area contributed by atoms with E-state index >= 15 is 0 Å². The molecule has 0 aromatic carbocycles. The average Bonchev–Trinajstić information content (AvgIpc) is 2.13. The number of rotatable bonds is 1. The van der Waals surface area contributed by atoms with E-state index in [0.29, 0.717) is 6.04 Å². The van der Waals surface area contributed by atoms with E-state index < -0.39 is 0 Å². The fourth-order valence-corrected chi connectivity index (χ4v) is 1.24. The van der Waals surface area contributed by atoms with Gasteiger partial charge in [0.25, 0.3) is 0 Å². The molecule has 3 heteroatoms. The second kappa shape index (κ2) is 3.01. The summed E-state index contributed by atoms with van der Waals surface area (Å²) in [6.07, 6.45) is 1.03. The summed E-state index contributed by atoms with van der Waals surface area (Å²) in [6.45, 7) is 3.43. The minimum Gasteiger partial charge on any atom is -0.457 e. The van der Waals surface area contributed by atoms with Gasteiger partial charge < -0.3 is 10.2 Å². The molecular formula is C7H13N2O-. The van der Waals surface area contributed by atoms with E-state index in [0.717, 1.165) is 19.5 Å². The summed E-state index contributed by atoms with van der Waals surface area (Å²) in [5.74, 6) is 0.0558. The van der Waals surface area contributed by atoms with E-state index in [1.54, 1.807) is 6.92 Å². The summed E-state index contributed by atoms with van der Waals surface area (Å²) in [6, 6.07) is 0.329. The summed E-state index contributed by atoms with van der Waals surface area (Å²) >= 11 is 0. The lowest BCUT2D eigenvalue weighted by molar-refractivity contribution is -0.119. The molecule has 1 aliphatic rings. The van der Waals surface area contributed by atoms with Gasteiger partial charge in [-0.05, 0) is 19.5 Å². The number of hydrogen-bond acceptors (Lipinski definition) is 2. The molecule has 58 valence electrons. The highest BCUT2D eigenvalue weighted by Gasteiger charge is 2.15. The van der Waals surface area contributed by atoms with Gasteiger partial charge >= 0.3 is 0 Å². The molecule has 0 aliphatic carbocycles. The Kier molecular flexibility index (Phi) is 2.27. The van der Waals surface area contributed by atoms with Gasteiger partial charge in [0.05, 0.1) is 0 Å². The maximum Gasteiger partial charge on any atom is 0.217 e. The lowest BCUT2D eigenvalue weighted by Gasteiger charge is -2.16. The summed E-state index contributed by atoms with van der Waals surface area (Å²) in [7, 11) is 3.78. The van der Waals surface area contributed by atoms with Crippen LogP contribution in [0.25, 0.3) is 0 Å². The van der Waals surface area contributed by atoms with Crippen molar-refractivity contribution in [3.8, 4) is 0 Å². The number of carbonyl (C=O) groups excluding carboxylic acids is 1. The summed E-state index contributed by atoms with van der Waals surface area (Å²) < 4.78 is 0. The largest absolute Gasteiger partial charge is 0.457 e. The predicted molar refractivity (Wildman–Crippen MR) is 39.2 cm³/mol. The van der Waals surface area contributed by atoms with Crippen molar-refractivity contribution in [2.45, 2.75) is 19.4 Å². The lowest BCUT2D eigenvalue weighted by Crippen LogP contribution is -2.34. The van der Waals surface area contributed by atoms with E-state index in [1.807, 2.05) is 4.90 Å². The van der Waals surface area contributed by atoms with Crippen molar-refractivity contribution >= 4 is 5.91 Å². The number of likely N-dealkylation sites (tertiary alicyclic amines) is 1. The van der Waals surface area contributed by atoms with Crippen molar-refractivity contribution in [3.63, 3.8) is 0 Å². The van der Waals surface area contributed by atoms with Crippen LogP contribution in [0.15, 0.2) is 0 Å². The van der Waals surface area contributed by atoms with Gasteiger partial charge in [0.15, 0.2) is 0 Å². The maximum absolute atomic E-state index is 10.6. The van der Waals surface area contributed by atoms with E-state index in [9.17, 15) is 4.79 Å². The van der Waals surface area contributed by atoms with E-state index in [4.69, 9.17) is 0 Å². The fraction of sp³-hybridized carbons (Fsp3) is 0.714. The molecule has 0 aromatic heterocycles. The standard InChI is InChI=1S/C7H13N2O/c1-6(10)8-7-3-4-9(2)5-7/h7H,2-5H2,1H3,(H,8,10)/q-1/t7-/m0/s1. The molecule has 1 saturated heterocycles. The number of amides is 1. The first-order valence-electron chi connectivity index (χ1n) is 3.51. The zero-order valence-corrected chi connectivity index (χ0v) is 6.26. The molecule has 3 nitrogen and oxygen atoms in total. The van der Waals surface area contributed by atoms with Crippen LogP contribution in [0.5, 0.6) is 0 Å². The summed E-state index contributed by atoms with van der Waals surface area (Å²) in [5.41, 5.74) is 0. The number of hydrogen-bond donors (Lipinski definition) is 1. The second-order valence-corrected chi connectivity index (χ2v) is 2.76. The minimum atomic E-state index is 0.0558. The Hall–Kier alpha value is -0.570. The molecule has 0 saturated carbocycles. The van der Waals surface area contributed by atoms with Gasteiger partial charge in [0, 0.05) is 13.0 Å². The molecule has 0 bridgehead atoms. The third-order valence-corrected chi connectivity index (χ3v) is 1.68. The minimum absolute atomic E-state index is 0.0558. The Bertz CT molecular complexity index is 136. The molecular weight excluding hydrogens is 128 g/mol. The highest BCUT2D eigenvalue weighted by atomic mass is 16.1. The lowest BCUT2D eigenvalue weighted by atomic mass is 10.3. The topological polar surface area (TPSA) is 32.3 Å². The Morgan fingerprint density at radius 3 is 2.90 bits per heavy atom. The van der Waals surface area contributed by atoms with Crippen molar-refractivity contribution in [3.05, 3.63) is 7.05 Å². The van der Waals surface area contributed by atoms with Crippen LogP contribution in [-0.2, 0) is 4.79 Å². The van der Waals surface area contributed by atoms with Gasteiger partial charge in [-0.3, -0.25) is 11.8 Å². The van der Waals surface area contributed by atoms with Crippen LogP contribution in [-0.4, -0.2) is 29.9 Å². The summed E-state index contributed by atoms with van der Waals surface area (Å²) in [5, 5.41) is 2.85. The first-order chi connectivity index (χ1) is 4.68. The van der Waals surface area contributed by atoms with Crippen molar-refractivity contribution in [1.29, 1.82) is 0 Å². The molecule has 0 spiro atoms. The first-order valence-corrected chi connectivity index (χ1v) is 3.51. The molecule has 1 heterocycles. The van der Waals surface area contributed by atoms with Crippen LogP contribution < -0.4 is 5.32 Å².